The van der Waals surface area contributed by atoms with Gasteiger partial charge in [0.2, 0.25) is 0 Å². The molecule has 2 amide bonds. The Morgan fingerprint density at radius 2 is 1.70 bits per heavy atom. The average molecular weight is 314 g/mol. The zero-order valence-electron chi connectivity index (χ0n) is 12.7. The molecule has 0 radical (unpaired) electrons. The molecule has 6 heteroatoms. The van der Waals surface area contributed by atoms with Crippen molar-refractivity contribution in [2.24, 2.45) is 0 Å². The van der Waals surface area contributed by atoms with Crippen LogP contribution in [-0.4, -0.2) is 32.1 Å². The van der Waals surface area contributed by atoms with Crippen LogP contribution in [0.5, 0.6) is 11.5 Å². The lowest BCUT2D eigenvalue weighted by Crippen LogP contribution is -2.37. The topological polar surface area (TPSA) is 76.7 Å². The maximum Gasteiger partial charge on any atom is 0.313 e. The summed E-state index contributed by atoms with van der Waals surface area (Å²) in [6.45, 7) is 0.468. The Morgan fingerprint density at radius 1 is 0.957 bits per heavy atom. The molecule has 23 heavy (non-hydrogen) atoms. The van der Waals surface area contributed by atoms with E-state index < -0.39 is 11.8 Å². The van der Waals surface area contributed by atoms with E-state index in [1.165, 1.54) is 0 Å². The van der Waals surface area contributed by atoms with Crippen LogP contribution < -0.4 is 20.1 Å². The molecule has 0 spiro atoms. The summed E-state index contributed by atoms with van der Waals surface area (Å²) in [7, 11) is 1.57. The molecule has 2 N–H and O–H groups in total. The van der Waals surface area contributed by atoms with E-state index in [2.05, 4.69) is 10.6 Å². The molecule has 2 aromatic carbocycles. The number of methoxy groups -OCH3 is 1. The molecule has 0 saturated carbocycles. The van der Waals surface area contributed by atoms with E-state index in [1.54, 1.807) is 49.6 Å². The largest absolute Gasteiger partial charge is 0.497 e. The summed E-state index contributed by atoms with van der Waals surface area (Å²) in [5.74, 6) is -0.0956. The lowest BCUT2D eigenvalue weighted by molar-refractivity contribution is -0.136. The Morgan fingerprint density at radius 3 is 2.43 bits per heavy atom. The van der Waals surface area contributed by atoms with Gasteiger partial charge in [0.15, 0.2) is 0 Å². The van der Waals surface area contributed by atoms with Crippen LogP contribution in [0.25, 0.3) is 0 Å². The molecule has 0 unspecified atom stereocenters. The second-order valence-electron chi connectivity index (χ2n) is 4.60. The lowest BCUT2D eigenvalue weighted by Gasteiger charge is -2.09. The Labute approximate surface area is 134 Å². The monoisotopic (exact) mass is 314 g/mol. The van der Waals surface area contributed by atoms with E-state index >= 15 is 0 Å². The van der Waals surface area contributed by atoms with Gasteiger partial charge in [0.25, 0.3) is 0 Å². The van der Waals surface area contributed by atoms with Gasteiger partial charge in [-0.1, -0.05) is 24.3 Å². The van der Waals surface area contributed by atoms with E-state index in [9.17, 15) is 9.59 Å². The number of anilines is 1. The van der Waals surface area contributed by atoms with Gasteiger partial charge in [-0.05, 0) is 24.3 Å². The van der Waals surface area contributed by atoms with Gasteiger partial charge in [0.1, 0.15) is 18.1 Å². The molecule has 0 aliphatic rings. The van der Waals surface area contributed by atoms with Crippen molar-refractivity contribution in [1.82, 2.24) is 5.32 Å². The molecule has 0 fully saturated rings. The number of benzene rings is 2. The highest BCUT2D eigenvalue weighted by Gasteiger charge is 2.12. The minimum absolute atomic E-state index is 0.220. The predicted octanol–water partition coefficient (Wildman–Crippen LogP) is 1.83. The highest BCUT2D eigenvalue weighted by molar-refractivity contribution is 6.39. The van der Waals surface area contributed by atoms with E-state index in [0.717, 1.165) is 0 Å². The van der Waals surface area contributed by atoms with Crippen molar-refractivity contribution < 1.29 is 19.1 Å². The first kappa shape index (κ1) is 16.4. The van der Waals surface area contributed by atoms with E-state index in [0.29, 0.717) is 17.2 Å². The molecule has 0 heterocycles. The van der Waals surface area contributed by atoms with Crippen LogP contribution >= 0.6 is 0 Å². The number of ether oxygens (including phenoxy) is 2. The summed E-state index contributed by atoms with van der Waals surface area (Å²) in [5.41, 5.74) is 0.570. The summed E-state index contributed by atoms with van der Waals surface area (Å²) < 4.78 is 10.6. The van der Waals surface area contributed by atoms with Crippen molar-refractivity contribution in [3.8, 4) is 11.5 Å². The maximum atomic E-state index is 11.7. The zero-order valence-corrected chi connectivity index (χ0v) is 12.7. The van der Waals surface area contributed by atoms with E-state index in [4.69, 9.17) is 9.47 Å². The molecule has 0 aromatic heterocycles. The first-order chi connectivity index (χ1) is 11.2. The molecule has 0 aliphatic carbocycles. The van der Waals surface area contributed by atoms with Crippen LogP contribution in [0.3, 0.4) is 0 Å². The van der Waals surface area contributed by atoms with E-state index in [-0.39, 0.29) is 13.2 Å². The first-order valence-corrected chi connectivity index (χ1v) is 7.10. The van der Waals surface area contributed by atoms with Gasteiger partial charge in [0, 0.05) is 11.8 Å². The number of amides is 2. The Kier molecular flexibility index (Phi) is 5.99. The van der Waals surface area contributed by atoms with Gasteiger partial charge in [-0.2, -0.15) is 0 Å². The van der Waals surface area contributed by atoms with Crippen molar-refractivity contribution in [1.29, 1.82) is 0 Å². The maximum absolute atomic E-state index is 11.7. The van der Waals surface area contributed by atoms with Crippen molar-refractivity contribution in [2.45, 2.75) is 0 Å². The zero-order chi connectivity index (χ0) is 16.5. The average Bonchev–Trinajstić information content (AvgIpc) is 2.59. The number of para-hydroxylation sites is 1. The third-order valence-electron chi connectivity index (χ3n) is 2.94. The van der Waals surface area contributed by atoms with Crippen LogP contribution in [0, 0.1) is 0 Å². The van der Waals surface area contributed by atoms with Crippen LogP contribution in [-0.2, 0) is 9.59 Å². The summed E-state index contributed by atoms with van der Waals surface area (Å²) in [4.78, 5) is 23.3. The summed E-state index contributed by atoms with van der Waals surface area (Å²) in [6, 6.07) is 15.9. The van der Waals surface area contributed by atoms with Gasteiger partial charge in [-0.25, -0.2) is 0 Å². The van der Waals surface area contributed by atoms with Gasteiger partial charge >= 0.3 is 11.8 Å². The first-order valence-electron chi connectivity index (χ1n) is 7.10. The Bertz CT molecular complexity index is 659. The fraction of sp³-hybridized carbons (Fsp3) is 0.176. The predicted molar refractivity (Wildman–Crippen MR) is 86.6 cm³/mol. The van der Waals surface area contributed by atoms with Crippen LogP contribution in [0.2, 0.25) is 0 Å². The lowest BCUT2D eigenvalue weighted by atomic mass is 10.3. The molecule has 120 valence electrons. The van der Waals surface area contributed by atoms with Crippen LogP contribution in [0.1, 0.15) is 0 Å². The summed E-state index contributed by atoms with van der Waals surface area (Å²) in [6.07, 6.45) is 0. The van der Waals surface area contributed by atoms with Crippen molar-refractivity contribution in [3.63, 3.8) is 0 Å². The quantitative estimate of drug-likeness (QED) is 0.630. The van der Waals surface area contributed by atoms with Gasteiger partial charge in [-0.3, -0.25) is 9.59 Å². The van der Waals surface area contributed by atoms with E-state index in [1.807, 2.05) is 12.1 Å². The molecule has 0 aliphatic heterocycles. The fourth-order valence-corrected chi connectivity index (χ4v) is 1.81. The van der Waals surface area contributed by atoms with Gasteiger partial charge < -0.3 is 20.1 Å². The van der Waals surface area contributed by atoms with Gasteiger partial charge in [-0.15, -0.1) is 0 Å². The number of hydrogen-bond donors (Lipinski definition) is 2. The van der Waals surface area contributed by atoms with Crippen molar-refractivity contribution in [3.05, 3.63) is 54.6 Å². The number of carbonyl (C=O) groups is 2. The standard InChI is InChI=1S/C17H18N2O4/c1-22-14-8-5-9-15(12-14)23-11-10-18-16(20)17(21)19-13-6-3-2-4-7-13/h2-9,12H,10-11H2,1H3,(H,18,20)(H,19,21). The summed E-state index contributed by atoms with van der Waals surface area (Å²) in [5, 5.41) is 5.00. The number of hydrogen-bond acceptors (Lipinski definition) is 4. The van der Waals surface area contributed by atoms with Gasteiger partial charge in [0.05, 0.1) is 13.7 Å². The molecule has 2 aromatic rings. The number of nitrogens with one attached hydrogen (secondary N) is 2. The SMILES string of the molecule is COc1cccc(OCCNC(=O)C(=O)Nc2ccccc2)c1. The van der Waals surface area contributed by atoms with Crippen LogP contribution in [0.4, 0.5) is 5.69 Å². The minimum Gasteiger partial charge on any atom is -0.497 e. The molecule has 6 nitrogen and oxygen atoms in total. The van der Waals surface area contributed by atoms with Crippen molar-refractivity contribution >= 4 is 17.5 Å². The third kappa shape index (κ3) is 5.35. The third-order valence-corrected chi connectivity index (χ3v) is 2.94. The molecule has 0 saturated heterocycles. The Balaban J connectivity index is 1.71. The second kappa shape index (κ2) is 8.43. The molecular weight excluding hydrogens is 296 g/mol. The minimum atomic E-state index is -0.711. The normalized spacial score (nSPS) is 9.78. The number of rotatable bonds is 6. The molecule has 0 bridgehead atoms. The van der Waals surface area contributed by atoms with Crippen molar-refractivity contribution in [2.75, 3.05) is 25.6 Å². The molecular formula is C17H18N2O4. The molecule has 0 atom stereocenters. The van der Waals surface area contributed by atoms with Crippen LogP contribution in [0.15, 0.2) is 54.6 Å². The fourth-order valence-electron chi connectivity index (χ4n) is 1.81. The Hall–Kier alpha value is -3.02. The summed E-state index contributed by atoms with van der Waals surface area (Å²) >= 11 is 0. The molecule has 2 rings (SSSR count). The number of carbonyl (C=O) groups excluding carboxylic acids is 2. The smallest absolute Gasteiger partial charge is 0.313 e. The second-order valence-corrected chi connectivity index (χ2v) is 4.60. The highest BCUT2D eigenvalue weighted by atomic mass is 16.5. The highest BCUT2D eigenvalue weighted by Crippen LogP contribution is 2.18.